The molecule has 0 aliphatic heterocycles. The molecule has 0 bridgehead atoms. The Morgan fingerprint density at radius 3 is 2.68 bits per heavy atom. The smallest absolute Gasteiger partial charge is 0.287 e. The normalized spacial score (nSPS) is 11.1. The van der Waals surface area contributed by atoms with Gasteiger partial charge in [-0.1, -0.05) is 18.2 Å². The molecule has 1 aromatic carbocycles. The first-order chi connectivity index (χ1) is 10.7. The fourth-order valence-corrected chi connectivity index (χ4v) is 2.40. The number of unbranched alkanes of at least 4 members (excludes halogenated alkanes) is 1. The molecule has 3 rings (SSSR count). The summed E-state index contributed by atoms with van der Waals surface area (Å²) < 4.78 is 3.14. The van der Waals surface area contributed by atoms with E-state index in [1.54, 1.807) is 23.0 Å². The number of hydrogen-bond donors (Lipinski definition) is 2. The lowest BCUT2D eigenvalue weighted by atomic mass is 10.3. The van der Waals surface area contributed by atoms with Gasteiger partial charge in [0.05, 0.1) is 12.0 Å². The van der Waals surface area contributed by atoms with Crippen molar-refractivity contribution in [2.24, 2.45) is 0 Å². The standard InChI is InChI=1S/C15H17N5O2/c16-15-18-13-12(17-10-19(13)8-4-5-9-21)14(22)20(15)11-6-2-1-3-7-11/h1-3,6-7,10,21H,4-5,8-9H2,(H2,16,18). The number of benzene rings is 1. The lowest BCUT2D eigenvalue weighted by Gasteiger charge is -2.09. The Kier molecular flexibility index (Phi) is 3.88. The third-order valence-corrected chi connectivity index (χ3v) is 3.49. The number of para-hydroxylation sites is 1. The summed E-state index contributed by atoms with van der Waals surface area (Å²) in [5.41, 5.74) is 7.12. The molecule has 3 N–H and O–H groups in total. The van der Waals surface area contributed by atoms with E-state index in [4.69, 9.17) is 10.8 Å². The number of aromatic nitrogens is 4. The Bertz CT molecular complexity index is 838. The first kappa shape index (κ1) is 14.3. The van der Waals surface area contributed by atoms with E-state index in [1.807, 2.05) is 18.2 Å². The highest BCUT2D eigenvalue weighted by Crippen LogP contribution is 2.13. The van der Waals surface area contributed by atoms with Crippen molar-refractivity contribution in [1.29, 1.82) is 0 Å². The number of nitrogen functional groups attached to an aromatic ring is 1. The van der Waals surface area contributed by atoms with Crippen LogP contribution in [0.3, 0.4) is 0 Å². The van der Waals surface area contributed by atoms with Gasteiger partial charge in [0.2, 0.25) is 5.95 Å². The van der Waals surface area contributed by atoms with Crippen LogP contribution in [0, 0.1) is 0 Å². The lowest BCUT2D eigenvalue weighted by molar-refractivity contribution is 0.281. The van der Waals surface area contributed by atoms with Gasteiger partial charge >= 0.3 is 0 Å². The summed E-state index contributed by atoms with van der Waals surface area (Å²) in [5, 5.41) is 8.84. The van der Waals surface area contributed by atoms with Crippen LogP contribution < -0.4 is 11.3 Å². The average molecular weight is 299 g/mol. The second-order valence-corrected chi connectivity index (χ2v) is 4.99. The van der Waals surface area contributed by atoms with Gasteiger partial charge in [-0.25, -0.2) is 9.55 Å². The van der Waals surface area contributed by atoms with E-state index < -0.39 is 0 Å². The Morgan fingerprint density at radius 2 is 1.95 bits per heavy atom. The maximum absolute atomic E-state index is 12.6. The maximum Gasteiger partial charge on any atom is 0.287 e. The third kappa shape index (κ3) is 2.46. The first-order valence-electron chi connectivity index (χ1n) is 7.12. The van der Waals surface area contributed by atoms with Crippen molar-refractivity contribution < 1.29 is 5.11 Å². The second-order valence-electron chi connectivity index (χ2n) is 4.99. The van der Waals surface area contributed by atoms with Crippen molar-refractivity contribution in [2.45, 2.75) is 19.4 Å². The number of fused-ring (bicyclic) bond motifs is 1. The van der Waals surface area contributed by atoms with Gasteiger partial charge in [0, 0.05) is 13.2 Å². The monoisotopic (exact) mass is 299 g/mol. The van der Waals surface area contributed by atoms with Crippen molar-refractivity contribution in [3.8, 4) is 5.69 Å². The minimum Gasteiger partial charge on any atom is -0.396 e. The van der Waals surface area contributed by atoms with Crippen LogP contribution in [0.4, 0.5) is 5.95 Å². The molecular weight excluding hydrogens is 282 g/mol. The fourth-order valence-electron chi connectivity index (χ4n) is 2.40. The quantitative estimate of drug-likeness (QED) is 0.683. The number of nitrogens with two attached hydrogens (primary N) is 1. The van der Waals surface area contributed by atoms with Crippen molar-refractivity contribution >= 4 is 17.1 Å². The zero-order chi connectivity index (χ0) is 15.5. The van der Waals surface area contributed by atoms with Gasteiger partial charge in [0.15, 0.2) is 11.2 Å². The topological polar surface area (TPSA) is 99.0 Å². The summed E-state index contributed by atoms with van der Waals surface area (Å²) in [4.78, 5) is 21.1. The Balaban J connectivity index is 2.09. The van der Waals surface area contributed by atoms with Gasteiger partial charge in [-0.05, 0) is 25.0 Å². The van der Waals surface area contributed by atoms with Crippen LogP contribution in [0.25, 0.3) is 16.9 Å². The lowest BCUT2D eigenvalue weighted by Crippen LogP contribution is -2.23. The van der Waals surface area contributed by atoms with Crippen molar-refractivity contribution in [2.75, 3.05) is 12.3 Å². The molecule has 0 atom stereocenters. The molecule has 2 heterocycles. The minimum atomic E-state index is -0.283. The minimum absolute atomic E-state index is 0.132. The molecule has 7 nitrogen and oxygen atoms in total. The Morgan fingerprint density at radius 1 is 1.18 bits per heavy atom. The zero-order valence-corrected chi connectivity index (χ0v) is 12.0. The second kappa shape index (κ2) is 5.98. The highest BCUT2D eigenvalue weighted by molar-refractivity contribution is 5.71. The summed E-state index contributed by atoms with van der Waals surface area (Å²) in [6.45, 7) is 0.779. The molecule has 7 heteroatoms. The maximum atomic E-state index is 12.6. The Hall–Kier alpha value is -2.67. The number of aliphatic hydroxyl groups excluding tert-OH is 1. The molecule has 114 valence electrons. The number of imidazole rings is 1. The molecule has 2 aromatic heterocycles. The fraction of sp³-hybridized carbons (Fsp3) is 0.267. The van der Waals surface area contributed by atoms with Gasteiger partial charge < -0.3 is 15.4 Å². The van der Waals surface area contributed by atoms with Crippen molar-refractivity contribution in [3.63, 3.8) is 0 Å². The van der Waals surface area contributed by atoms with Gasteiger partial charge in [-0.2, -0.15) is 4.98 Å². The van der Waals surface area contributed by atoms with E-state index in [0.717, 1.165) is 6.42 Å². The van der Waals surface area contributed by atoms with Crippen LogP contribution >= 0.6 is 0 Å². The van der Waals surface area contributed by atoms with Gasteiger partial charge in [0.25, 0.3) is 5.56 Å². The molecule has 0 aliphatic rings. The number of aryl methyl sites for hydroxylation is 1. The number of anilines is 1. The molecule has 0 unspecified atom stereocenters. The summed E-state index contributed by atoms with van der Waals surface area (Å²) >= 11 is 0. The molecule has 0 radical (unpaired) electrons. The zero-order valence-electron chi connectivity index (χ0n) is 12.0. The molecule has 0 fully saturated rings. The third-order valence-electron chi connectivity index (χ3n) is 3.49. The highest BCUT2D eigenvalue weighted by Gasteiger charge is 2.14. The number of nitrogens with zero attached hydrogens (tertiary/aromatic N) is 4. The van der Waals surface area contributed by atoms with Crippen molar-refractivity contribution in [1.82, 2.24) is 19.1 Å². The molecule has 0 aliphatic carbocycles. The van der Waals surface area contributed by atoms with Gasteiger partial charge in [-0.15, -0.1) is 0 Å². The van der Waals surface area contributed by atoms with Crippen LogP contribution in [0.2, 0.25) is 0 Å². The molecular formula is C15H17N5O2. The number of rotatable bonds is 5. The average Bonchev–Trinajstić information content (AvgIpc) is 2.92. The van der Waals surface area contributed by atoms with E-state index in [2.05, 4.69) is 9.97 Å². The van der Waals surface area contributed by atoms with Crippen molar-refractivity contribution in [3.05, 3.63) is 47.0 Å². The van der Waals surface area contributed by atoms with E-state index >= 15 is 0 Å². The van der Waals surface area contributed by atoms with Crippen LogP contribution in [-0.4, -0.2) is 30.8 Å². The van der Waals surface area contributed by atoms with E-state index in [1.165, 1.54) is 4.57 Å². The Labute approximate surface area is 126 Å². The largest absolute Gasteiger partial charge is 0.396 e. The molecule has 0 saturated heterocycles. The van der Waals surface area contributed by atoms with E-state index in [-0.39, 0.29) is 18.1 Å². The van der Waals surface area contributed by atoms with Crippen LogP contribution in [0.15, 0.2) is 41.5 Å². The van der Waals surface area contributed by atoms with Gasteiger partial charge in [0.1, 0.15) is 0 Å². The SMILES string of the molecule is Nc1nc2c(ncn2CCCCO)c(=O)n1-c1ccccc1. The summed E-state index contributed by atoms with van der Waals surface area (Å²) in [6.07, 6.45) is 3.06. The van der Waals surface area contributed by atoms with Crippen LogP contribution in [-0.2, 0) is 6.54 Å². The molecule has 0 spiro atoms. The van der Waals surface area contributed by atoms with Gasteiger partial charge in [-0.3, -0.25) is 4.79 Å². The molecule has 0 saturated carbocycles. The van der Waals surface area contributed by atoms with E-state index in [9.17, 15) is 4.79 Å². The summed E-state index contributed by atoms with van der Waals surface area (Å²) in [7, 11) is 0. The van der Waals surface area contributed by atoms with E-state index in [0.29, 0.717) is 29.8 Å². The number of hydrogen-bond acceptors (Lipinski definition) is 5. The predicted octanol–water partition coefficient (Wildman–Crippen LogP) is 0.937. The molecule has 0 amide bonds. The summed E-state index contributed by atoms with van der Waals surface area (Å²) in [6, 6.07) is 9.12. The summed E-state index contributed by atoms with van der Waals surface area (Å²) in [5.74, 6) is 0.132. The first-order valence-corrected chi connectivity index (χ1v) is 7.12. The molecule has 3 aromatic rings. The van der Waals surface area contributed by atoms with Crippen LogP contribution in [0.1, 0.15) is 12.8 Å². The molecule has 22 heavy (non-hydrogen) atoms. The predicted molar refractivity (Wildman–Crippen MR) is 83.9 cm³/mol. The van der Waals surface area contributed by atoms with Crippen LogP contribution in [0.5, 0.6) is 0 Å². The number of aliphatic hydroxyl groups is 1. The highest BCUT2D eigenvalue weighted by atomic mass is 16.2.